The van der Waals surface area contributed by atoms with Crippen LogP contribution in [-0.4, -0.2) is 47.6 Å². The van der Waals surface area contributed by atoms with Crippen LogP contribution in [0.15, 0.2) is 4.99 Å². The highest BCUT2D eigenvalue weighted by molar-refractivity contribution is 7.11. The number of hydrogen-bond donors (Lipinski definition) is 2. The van der Waals surface area contributed by atoms with Crippen LogP contribution >= 0.6 is 11.3 Å². The highest BCUT2D eigenvalue weighted by atomic mass is 32.1. The summed E-state index contributed by atoms with van der Waals surface area (Å²) >= 11 is 1.76. The fourth-order valence-electron chi connectivity index (χ4n) is 3.37. The van der Waals surface area contributed by atoms with Gasteiger partial charge in [-0.25, -0.2) is 4.98 Å². The summed E-state index contributed by atoms with van der Waals surface area (Å²) in [6.07, 6.45) is 3.97. The Kier molecular flexibility index (Phi) is 4.68. The molecule has 122 valence electrons. The number of nitrogens with zero attached hydrogens (tertiary/aromatic N) is 3. The standard InChI is InChI=1S/C16H27N5S/c1-10-7-13(9-21(10)14-5-6-14)20-16(17-4)18-8-15-11(2)19-12(3)22-15/h10,13-14H,5-9H2,1-4H3,(H2,17,18,20). The monoisotopic (exact) mass is 321 g/mol. The molecule has 1 saturated carbocycles. The second-order valence-electron chi connectivity index (χ2n) is 6.52. The minimum atomic E-state index is 0.506. The van der Waals surface area contributed by atoms with E-state index in [1.54, 1.807) is 11.3 Å². The van der Waals surface area contributed by atoms with Crippen LogP contribution in [0.5, 0.6) is 0 Å². The molecule has 2 heterocycles. The van der Waals surface area contributed by atoms with E-state index in [1.165, 1.54) is 24.1 Å². The maximum Gasteiger partial charge on any atom is 0.191 e. The van der Waals surface area contributed by atoms with Crippen molar-refractivity contribution < 1.29 is 0 Å². The molecule has 0 aromatic carbocycles. The number of guanidine groups is 1. The molecule has 2 fully saturated rings. The third-order valence-electron chi connectivity index (χ3n) is 4.62. The number of aromatic nitrogens is 1. The molecule has 2 atom stereocenters. The number of thiazole rings is 1. The average Bonchev–Trinajstić information content (AvgIpc) is 3.18. The number of hydrogen-bond acceptors (Lipinski definition) is 4. The van der Waals surface area contributed by atoms with E-state index in [4.69, 9.17) is 0 Å². The lowest BCUT2D eigenvalue weighted by Crippen LogP contribution is -2.44. The summed E-state index contributed by atoms with van der Waals surface area (Å²) in [7, 11) is 1.84. The van der Waals surface area contributed by atoms with Crippen molar-refractivity contribution in [3.05, 3.63) is 15.6 Å². The van der Waals surface area contributed by atoms with Crippen LogP contribution in [0.2, 0.25) is 0 Å². The van der Waals surface area contributed by atoms with Crippen molar-refractivity contribution in [3.63, 3.8) is 0 Å². The Morgan fingerprint density at radius 1 is 1.41 bits per heavy atom. The highest BCUT2D eigenvalue weighted by Crippen LogP contribution is 2.33. The largest absolute Gasteiger partial charge is 0.352 e. The lowest BCUT2D eigenvalue weighted by atomic mass is 10.2. The number of likely N-dealkylation sites (tertiary alicyclic amines) is 1. The van der Waals surface area contributed by atoms with Crippen LogP contribution in [0.4, 0.5) is 0 Å². The molecule has 0 radical (unpaired) electrons. The third kappa shape index (κ3) is 3.60. The number of aryl methyl sites for hydroxylation is 2. The Bertz CT molecular complexity index is 549. The second-order valence-corrected chi connectivity index (χ2v) is 7.81. The van der Waals surface area contributed by atoms with Crippen LogP contribution in [0.1, 0.15) is 41.8 Å². The average molecular weight is 321 g/mol. The van der Waals surface area contributed by atoms with Gasteiger partial charge in [-0.2, -0.15) is 0 Å². The van der Waals surface area contributed by atoms with E-state index in [0.717, 1.165) is 35.8 Å². The molecule has 2 aliphatic rings. The molecule has 3 rings (SSSR count). The lowest BCUT2D eigenvalue weighted by Gasteiger charge is -2.20. The van der Waals surface area contributed by atoms with Gasteiger partial charge in [0.1, 0.15) is 0 Å². The van der Waals surface area contributed by atoms with Gasteiger partial charge in [-0.1, -0.05) is 0 Å². The van der Waals surface area contributed by atoms with Crippen molar-refractivity contribution in [2.45, 2.75) is 64.7 Å². The van der Waals surface area contributed by atoms with Crippen molar-refractivity contribution in [3.8, 4) is 0 Å². The Hall–Kier alpha value is -1.14. The van der Waals surface area contributed by atoms with Gasteiger partial charge < -0.3 is 10.6 Å². The van der Waals surface area contributed by atoms with Gasteiger partial charge in [-0.05, 0) is 40.0 Å². The van der Waals surface area contributed by atoms with E-state index in [-0.39, 0.29) is 0 Å². The Balaban J connectivity index is 1.51. The van der Waals surface area contributed by atoms with Crippen molar-refractivity contribution >= 4 is 17.3 Å². The van der Waals surface area contributed by atoms with Crippen LogP contribution < -0.4 is 10.6 Å². The molecule has 1 aliphatic carbocycles. The number of rotatable bonds is 4. The van der Waals surface area contributed by atoms with Crippen LogP contribution in [0.3, 0.4) is 0 Å². The van der Waals surface area contributed by atoms with Gasteiger partial charge in [-0.3, -0.25) is 9.89 Å². The molecular formula is C16H27N5S. The zero-order chi connectivity index (χ0) is 15.7. The summed E-state index contributed by atoms with van der Waals surface area (Å²) in [5.41, 5.74) is 1.12. The molecule has 1 aromatic heterocycles. The minimum Gasteiger partial charge on any atom is -0.352 e. The quantitative estimate of drug-likeness (QED) is 0.658. The Labute approximate surface area is 137 Å². The second kappa shape index (κ2) is 6.54. The maximum atomic E-state index is 4.48. The first-order valence-corrected chi connectivity index (χ1v) is 9.04. The molecule has 1 aromatic rings. The fourth-order valence-corrected chi connectivity index (χ4v) is 4.24. The predicted octanol–water partition coefficient (Wildman–Crippen LogP) is 2.05. The molecule has 0 amide bonds. The van der Waals surface area contributed by atoms with Gasteiger partial charge >= 0.3 is 0 Å². The van der Waals surface area contributed by atoms with Crippen molar-refractivity contribution in [1.29, 1.82) is 0 Å². The molecule has 0 spiro atoms. The normalized spacial score (nSPS) is 26.5. The van der Waals surface area contributed by atoms with E-state index in [2.05, 4.69) is 46.3 Å². The molecule has 1 aliphatic heterocycles. The molecular weight excluding hydrogens is 294 g/mol. The maximum absolute atomic E-state index is 4.48. The molecule has 5 nitrogen and oxygen atoms in total. The van der Waals surface area contributed by atoms with Crippen LogP contribution in [0.25, 0.3) is 0 Å². The van der Waals surface area contributed by atoms with Gasteiger partial charge in [0, 0.05) is 36.6 Å². The van der Waals surface area contributed by atoms with Crippen LogP contribution in [0, 0.1) is 13.8 Å². The Morgan fingerprint density at radius 2 is 2.18 bits per heavy atom. The zero-order valence-electron chi connectivity index (χ0n) is 14.0. The van der Waals surface area contributed by atoms with E-state index in [1.807, 2.05) is 7.05 Å². The molecule has 0 bridgehead atoms. The number of nitrogens with one attached hydrogen (secondary N) is 2. The zero-order valence-corrected chi connectivity index (χ0v) is 14.8. The van der Waals surface area contributed by atoms with Gasteiger partial charge in [0.05, 0.1) is 17.2 Å². The predicted molar refractivity (Wildman–Crippen MR) is 92.5 cm³/mol. The van der Waals surface area contributed by atoms with E-state index in [9.17, 15) is 0 Å². The molecule has 1 saturated heterocycles. The molecule has 2 unspecified atom stereocenters. The first-order chi connectivity index (χ1) is 10.6. The summed E-state index contributed by atoms with van der Waals surface area (Å²) < 4.78 is 0. The summed E-state index contributed by atoms with van der Waals surface area (Å²) in [6, 6.07) is 2.04. The van der Waals surface area contributed by atoms with Crippen molar-refractivity contribution in [2.75, 3.05) is 13.6 Å². The summed E-state index contributed by atoms with van der Waals surface area (Å²) in [5, 5.41) is 8.15. The minimum absolute atomic E-state index is 0.506. The van der Waals surface area contributed by atoms with E-state index >= 15 is 0 Å². The fraction of sp³-hybridized carbons (Fsp3) is 0.750. The topological polar surface area (TPSA) is 52.6 Å². The smallest absolute Gasteiger partial charge is 0.191 e. The van der Waals surface area contributed by atoms with Crippen molar-refractivity contribution in [1.82, 2.24) is 20.5 Å². The van der Waals surface area contributed by atoms with Gasteiger partial charge in [0.25, 0.3) is 0 Å². The summed E-state index contributed by atoms with van der Waals surface area (Å²) in [4.78, 5) is 12.8. The van der Waals surface area contributed by atoms with E-state index in [0.29, 0.717) is 12.1 Å². The molecule has 22 heavy (non-hydrogen) atoms. The number of aliphatic imine (C=N–C) groups is 1. The summed E-state index contributed by atoms with van der Waals surface area (Å²) in [6.45, 7) is 8.42. The summed E-state index contributed by atoms with van der Waals surface area (Å²) in [5.74, 6) is 0.903. The highest BCUT2D eigenvalue weighted by Gasteiger charge is 2.38. The lowest BCUT2D eigenvalue weighted by molar-refractivity contribution is 0.256. The first kappa shape index (κ1) is 15.7. The van der Waals surface area contributed by atoms with Crippen LogP contribution in [-0.2, 0) is 6.54 Å². The van der Waals surface area contributed by atoms with Gasteiger partial charge in [-0.15, -0.1) is 11.3 Å². The van der Waals surface area contributed by atoms with E-state index < -0.39 is 0 Å². The van der Waals surface area contributed by atoms with Crippen molar-refractivity contribution in [2.24, 2.45) is 4.99 Å². The van der Waals surface area contributed by atoms with Gasteiger partial charge in [0.15, 0.2) is 5.96 Å². The Morgan fingerprint density at radius 3 is 2.77 bits per heavy atom. The third-order valence-corrected chi connectivity index (χ3v) is 5.69. The molecule has 2 N–H and O–H groups in total. The van der Waals surface area contributed by atoms with Gasteiger partial charge in [0.2, 0.25) is 0 Å². The molecule has 6 heteroatoms. The SMILES string of the molecule is CN=C(NCc1sc(C)nc1C)NC1CC(C)N(C2CC2)C1. The first-order valence-electron chi connectivity index (χ1n) is 8.22.